The van der Waals surface area contributed by atoms with Crippen LogP contribution in [0.4, 0.5) is 17.2 Å². The summed E-state index contributed by atoms with van der Waals surface area (Å²) < 4.78 is 0. The van der Waals surface area contributed by atoms with Crippen molar-refractivity contribution in [1.82, 2.24) is 0 Å². The number of rotatable bonds is 5. The van der Waals surface area contributed by atoms with E-state index in [1.807, 2.05) is 0 Å². The van der Waals surface area contributed by atoms with E-state index in [0.29, 0.717) is 0 Å². The van der Waals surface area contributed by atoms with Gasteiger partial charge < -0.3 is 5.11 Å². The number of aromatic amines is 1. The summed E-state index contributed by atoms with van der Waals surface area (Å²) in [5.41, 5.74) is -0.844. The maximum atomic E-state index is 10.6. The van der Waals surface area contributed by atoms with Gasteiger partial charge in [-0.15, -0.1) is 0 Å². The number of H-pyrrole nitrogens is 1. The third-order valence-electron chi connectivity index (χ3n) is 1.73. The first-order valence-corrected chi connectivity index (χ1v) is 4.25. The number of hydrogen-bond donors (Lipinski definition) is 2. The standard InChI is InChI=1S/C7H8N4O5/c12-2-1-8-7-6(11(15)16)3-5(4-9-7)10(13)14/h3-4,12H,1-2H2,(H,8,9)/p+1. The molecule has 16 heavy (non-hydrogen) atoms. The minimum atomic E-state index is -0.747. The lowest BCUT2D eigenvalue weighted by Crippen LogP contribution is -2.18. The van der Waals surface area contributed by atoms with Crippen LogP contribution in [-0.4, -0.2) is 28.1 Å². The molecule has 1 rings (SSSR count). The van der Waals surface area contributed by atoms with Crippen molar-refractivity contribution in [2.24, 2.45) is 0 Å². The van der Waals surface area contributed by atoms with Crippen molar-refractivity contribution in [1.29, 1.82) is 0 Å². The van der Waals surface area contributed by atoms with Gasteiger partial charge in [0, 0.05) is 0 Å². The van der Waals surface area contributed by atoms with Crippen molar-refractivity contribution >= 4 is 17.2 Å². The van der Waals surface area contributed by atoms with Crippen molar-refractivity contribution in [2.75, 3.05) is 18.5 Å². The van der Waals surface area contributed by atoms with E-state index in [1.165, 1.54) is 0 Å². The number of hydrogen-bond acceptors (Lipinski definition) is 6. The Morgan fingerprint density at radius 2 is 2.06 bits per heavy atom. The molecule has 0 saturated heterocycles. The summed E-state index contributed by atoms with van der Waals surface area (Å²) in [4.78, 5) is 21.9. The molecule has 0 radical (unpaired) electrons. The van der Waals surface area contributed by atoms with Gasteiger partial charge in [-0.2, -0.15) is 0 Å². The molecule has 0 atom stereocenters. The zero-order chi connectivity index (χ0) is 12.1. The number of nitrogens with zero attached hydrogens (tertiary/aromatic N) is 2. The molecule has 0 amide bonds. The number of nitrogens with one attached hydrogen (secondary N) is 2. The Morgan fingerprint density at radius 1 is 1.38 bits per heavy atom. The maximum absolute atomic E-state index is 10.6. The van der Waals surface area contributed by atoms with Crippen LogP contribution < -0.4 is 10.3 Å². The normalized spacial score (nSPS) is 9.81. The van der Waals surface area contributed by atoms with E-state index in [4.69, 9.17) is 5.11 Å². The first kappa shape index (κ1) is 11.8. The van der Waals surface area contributed by atoms with Gasteiger partial charge in [0.05, 0.1) is 16.5 Å². The van der Waals surface area contributed by atoms with Crippen LogP contribution in [0.25, 0.3) is 0 Å². The third kappa shape index (κ3) is 2.60. The highest BCUT2D eigenvalue weighted by molar-refractivity contribution is 5.55. The summed E-state index contributed by atoms with van der Waals surface area (Å²) >= 11 is 0. The molecule has 9 nitrogen and oxygen atoms in total. The van der Waals surface area contributed by atoms with Gasteiger partial charge in [0.25, 0.3) is 0 Å². The molecular weight excluding hydrogens is 220 g/mol. The second-order valence-electron chi connectivity index (χ2n) is 2.78. The zero-order valence-corrected chi connectivity index (χ0v) is 8.04. The van der Waals surface area contributed by atoms with Gasteiger partial charge in [-0.05, 0) is 0 Å². The predicted octanol–water partition coefficient (Wildman–Crippen LogP) is -0.279. The van der Waals surface area contributed by atoms with Crippen molar-refractivity contribution in [3.63, 3.8) is 0 Å². The molecule has 0 spiro atoms. The lowest BCUT2D eigenvalue weighted by atomic mass is 10.3. The summed E-state index contributed by atoms with van der Waals surface area (Å²) in [5, 5.41) is 32.1. The molecule has 0 aromatic carbocycles. The first-order valence-electron chi connectivity index (χ1n) is 4.25. The molecule has 0 saturated carbocycles. The maximum Gasteiger partial charge on any atom is 0.364 e. The van der Waals surface area contributed by atoms with Crippen molar-refractivity contribution in [2.45, 2.75) is 0 Å². The Kier molecular flexibility index (Phi) is 3.67. The van der Waals surface area contributed by atoms with E-state index in [2.05, 4.69) is 10.3 Å². The first-order chi connectivity index (χ1) is 7.56. The Balaban J connectivity index is 3.09. The van der Waals surface area contributed by atoms with E-state index in [0.717, 1.165) is 12.3 Å². The molecule has 1 aromatic rings. The Hall–Kier alpha value is -2.29. The summed E-state index contributed by atoms with van der Waals surface area (Å²) in [6.45, 7) is -0.100. The lowest BCUT2D eigenvalue weighted by Gasteiger charge is -1.97. The van der Waals surface area contributed by atoms with Gasteiger partial charge in [0.15, 0.2) is 6.20 Å². The highest BCUT2D eigenvalue weighted by Gasteiger charge is 2.25. The molecule has 0 aliphatic rings. The number of aliphatic hydroxyl groups excluding tert-OH is 1. The van der Waals surface area contributed by atoms with Crippen LogP contribution in [0.1, 0.15) is 0 Å². The molecule has 1 aromatic heterocycles. The number of aromatic nitrogens is 1. The van der Waals surface area contributed by atoms with Crippen LogP contribution in [0.15, 0.2) is 12.3 Å². The highest BCUT2D eigenvalue weighted by Crippen LogP contribution is 2.23. The van der Waals surface area contributed by atoms with Gasteiger partial charge in [-0.3, -0.25) is 25.5 Å². The summed E-state index contributed by atoms with van der Waals surface area (Å²) in [6, 6.07) is 0.843. The molecular formula is C7H9N4O5+. The molecule has 1 heterocycles. The fraction of sp³-hybridized carbons (Fsp3) is 0.286. The fourth-order valence-corrected chi connectivity index (χ4v) is 1.05. The van der Waals surface area contributed by atoms with Crippen LogP contribution in [0.5, 0.6) is 0 Å². The smallest absolute Gasteiger partial charge is 0.364 e. The number of aliphatic hydroxyl groups is 1. The number of anilines is 1. The van der Waals surface area contributed by atoms with Crippen LogP contribution in [0, 0.1) is 20.2 Å². The van der Waals surface area contributed by atoms with Gasteiger partial charge in [0.2, 0.25) is 0 Å². The minimum absolute atomic E-state index is 0.0182. The average molecular weight is 229 g/mol. The topological polar surface area (TPSA) is 133 Å². The SMILES string of the molecule is O=[N+]([O-])c1c[nH+]c(NCCO)c([N+](=O)[O-])c1. The van der Waals surface area contributed by atoms with E-state index < -0.39 is 21.2 Å². The van der Waals surface area contributed by atoms with Gasteiger partial charge >= 0.3 is 17.2 Å². The Labute approximate surface area is 89.0 Å². The van der Waals surface area contributed by atoms with Crippen LogP contribution in [-0.2, 0) is 0 Å². The second kappa shape index (κ2) is 4.98. The molecule has 3 N–H and O–H groups in total. The van der Waals surface area contributed by atoms with Crippen molar-refractivity contribution < 1.29 is 19.9 Å². The van der Waals surface area contributed by atoms with Gasteiger partial charge in [-0.1, -0.05) is 0 Å². The molecule has 0 unspecified atom stereocenters. The molecule has 86 valence electrons. The Morgan fingerprint density at radius 3 is 2.56 bits per heavy atom. The lowest BCUT2D eigenvalue weighted by molar-refractivity contribution is -0.430. The molecule has 0 aliphatic carbocycles. The molecule has 0 bridgehead atoms. The molecule has 0 fully saturated rings. The van der Waals surface area contributed by atoms with Gasteiger partial charge in [-0.25, -0.2) is 4.98 Å². The quantitative estimate of drug-likeness (QED) is 0.527. The van der Waals surface area contributed by atoms with E-state index >= 15 is 0 Å². The van der Waals surface area contributed by atoms with Gasteiger partial charge in [0.1, 0.15) is 12.6 Å². The van der Waals surface area contributed by atoms with Crippen molar-refractivity contribution in [3.05, 3.63) is 32.5 Å². The van der Waals surface area contributed by atoms with E-state index in [1.54, 1.807) is 0 Å². The summed E-state index contributed by atoms with van der Waals surface area (Å²) in [5.74, 6) is 0.0182. The van der Waals surface area contributed by atoms with E-state index in [9.17, 15) is 20.2 Å². The minimum Gasteiger partial charge on any atom is -0.392 e. The molecule has 9 heteroatoms. The monoisotopic (exact) mass is 229 g/mol. The summed E-state index contributed by atoms with van der Waals surface area (Å²) in [7, 11) is 0. The largest absolute Gasteiger partial charge is 0.392 e. The fourth-order valence-electron chi connectivity index (χ4n) is 1.05. The van der Waals surface area contributed by atoms with Crippen molar-refractivity contribution in [3.8, 4) is 0 Å². The zero-order valence-electron chi connectivity index (χ0n) is 8.04. The van der Waals surface area contributed by atoms with Crippen LogP contribution in [0.3, 0.4) is 0 Å². The summed E-state index contributed by atoms with van der Waals surface area (Å²) in [6.07, 6.45) is 1.03. The van der Waals surface area contributed by atoms with Crippen LogP contribution >= 0.6 is 0 Å². The Bertz CT molecular complexity index is 421. The second-order valence-corrected chi connectivity index (χ2v) is 2.78. The number of pyridine rings is 1. The average Bonchev–Trinajstić information content (AvgIpc) is 2.25. The van der Waals surface area contributed by atoms with Crippen LogP contribution in [0.2, 0.25) is 0 Å². The predicted molar refractivity (Wildman–Crippen MR) is 51.9 cm³/mol. The third-order valence-corrected chi connectivity index (χ3v) is 1.73. The number of nitro groups is 2. The van der Waals surface area contributed by atoms with E-state index in [-0.39, 0.29) is 19.0 Å². The highest BCUT2D eigenvalue weighted by atomic mass is 16.6. The molecule has 0 aliphatic heterocycles.